The van der Waals surface area contributed by atoms with Crippen LogP contribution in [0.3, 0.4) is 0 Å². The van der Waals surface area contributed by atoms with Gasteiger partial charge in [0.05, 0.1) is 24.5 Å². The quantitative estimate of drug-likeness (QED) is 0.604. The van der Waals surface area contributed by atoms with Crippen molar-refractivity contribution in [3.63, 3.8) is 0 Å². The third-order valence-electron chi connectivity index (χ3n) is 5.85. The van der Waals surface area contributed by atoms with Crippen molar-refractivity contribution < 1.29 is 22.7 Å². The van der Waals surface area contributed by atoms with Crippen LogP contribution in [0.5, 0.6) is 0 Å². The Balaban J connectivity index is 1.59. The first kappa shape index (κ1) is 22.8. The van der Waals surface area contributed by atoms with Crippen molar-refractivity contribution in [3.05, 3.63) is 54.2 Å². The van der Waals surface area contributed by atoms with Crippen LogP contribution in [0.25, 0.3) is 11.3 Å². The summed E-state index contributed by atoms with van der Waals surface area (Å²) >= 11 is 0. The molecule has 4 heterocycles. The Morgan fingerprint density at radius 1 is 0.943 bits per heavy atom. The number of urea groups is 1. The zero-order chi connectivity index (χ0) is 24.6. The number of alkyl halides is 3. The fraction of sp³-hybridized carbons (Fsp3) is 0.304. The molecular weight excluding hydrogens is 463 g/mol. The first-order chi connectivity index (χ1) is 16.8. The molecule has 35 heavy (non-hydrogen) atoms. The summed E-state index contributed by atoms with van der Waals surface area (Å²) in [5.41, 5.74) is 5.08. The predicted octanol–water partition coefficient (Wildman–Crippen LogP) is 3.42. The Morgan fingerprint density at radius 3 is 2.37 bits per heavy atom. The van der Waals surface area contributed by atoms with Crippen LogP contribution in [-0.4, -0.2) is 60.4 Å². The highest BCUT2D eigenvalue weighted by Gasteiger charge is 2.36. The van der Waals surface area contributed by atoms with Gasteiger partial charge in [-0.25, -0.2) is 14.8 Å². The lowest BCUT2D eigenvalue weighted by molar-refractivity contribution is -0.137. The minimum absolute atomic E-state index is 0.00211. The predicted molar refractivity (Wildman–Crippen MR) is 124 cm³/mol. The molecule has 2 amide bonds. The van der Waals surface area contributed by atoms with E-state index in [1.807, 2.05) is 35.2 Å². The maximum Gasteiger partial charge on any atom is 0.417 e. The number of hydrogen-bond donors (Lipinski definition) is 1. The summed E-state index contributed by atoms with van der Waals surface area (Å²) in [7, 11) is 0. The molecule has 0 radical (unpaired) electrons. The Bertz CT molecular complexity index is 1230. The summed E-state index contributed by atoms with van der Waals surface area (Å²) in [6.07, 6.45) is -3.63. The summed E-state index contributed by atoms with van der Waals surface area (Å²) in [5.74, 6) is 0.179. The average molecular weight is 485 g/mol. The van der Waals surface area contributed by atoms with Gasteiger partial charge in [-0.2, -0.15) is 18.2 Å². The van der Waals surface area contributed by atoms with Crippen molar-refractivity contribution in [1.82, 2.24) is 15.0 Å². The first-order valence-corrected chi connectivity index (χ1v) is 11.0. The molecule has 1 aromatic carbocycles. The summed E-state index contributed by atoms with van der Waals surface area (Å²) in [5, 5.41) is 0. The number of amides is 2. The van der Waals surface area contributed by atoms with Crippen LogP contribution < -0.4 is 20.4 Å². The normalized spacial score (nSPS) is 16.8. The number of rotatable bonds is 4. The lowest BCUT2D eigenvalue weighted by Gasteiger charge is -2.28. The molecule has 182 valence electrons. The number of nitrogens with zero attached hydrogens (tertiary/aromatic N) is 6. The molecule has 2 aliphatic heterocycles. The molecule has 12 heteroatoms. The fourth-order valence-electron chi connectivity index (χ4n) is 4.11. The molecule has 2 saturated heterocycles. The lowest BCUT2D eigenvalue weighted by atomic mass is 10.1. The van der Waals surface area contributed by atoms with Gasteiger partial charge in [0, 0.05) is 49.7 Å². The van der Waals surface area contributed by atoms with Gasteiger partial charge < -0.3 is 15.4 Å². The molecule has 0 unspecified atom stereocenters. The highest BCUT2D eigenvalue weighted by Crippen LogP contribution is 2.38. The van der Waals surface area contributed by atoms with E-state index in [2.05, 4.69) is 15.0 Å². The summed E-state index contributed by atoms with van der Waals surface area (Å²) < 4.78 is 46.9. The molecule has 5 rings (SSSR count). The molecule has 3 aromatic rings. The van der Waals surface area contributed by atoms with E-state index in [1.54, 1.807) is 4.90 Å². The zero-order valence-electron chi connectivity index (χ0n) is 18.6. The van der Waals surface area contributed by atoms with Crippen LogP contribution in [0, 0.1) is 0 Å². The molecule has 2 N–H and O–H groups in total. The van der Waals surface area contributed by atoms with Gasteiger partial charge in [-0.05, 0) is 18.2 Å². The smallest absolute Gasteiger partial charge is 0.384 e. The van der Waals surface area contributed by atoms with Gasteiger partial charge in [0.2, 0.25) is 5.95 Å². The summed E-state index contributed by atoms with van der Waals surface area (Å²) in [4.78, 5) is 31.0. The largest absolute Gasteiger partial charge is 0.417 e. The SMILES string of the molecule is Nc1cc(C(F)(F)F)c(-c2cc(N3CCN(c4ccccc4)C3=O)nc(N3CCOCC3)n2)cn1. The van der Waals surface area contributed by atoms with Crippen molar-refractivity contribution >= 4 is 29.3 Å². The van der Waals surface area contributed by atoms with Crippen molar-refractivity contribution in [2.75, 3.05) is 59.8 Å². The third-order valence-corrected chi connectivity index (χ3v) is 5.85. The number of pyridine rings is 1. The van der Waals surface area contributed by atoms with E-state index in [0.717, 1.165) is 18.0 Å². The number of anilines is 4. The third kappa shape index (κ3) is 4.56. The van der Waals surface area contributed by atoms with Gasteiger partial charge in [-0.15, -0.1) is 0 Å². The van der Waals surface area contributed by atoms with E-state index in [1.165, 1.54) is 11.0 Å². The maximum absolute atomic E-state index is 13.8. The minimum Gasteiger partial charge on any atom is -0.384 e. The zero-order valence-corrected chi connectivity index (χ0v) is 18.6. The van der Waals surface area contributed by atoms with Gasteiger partial charge in [0.1, 0.15) is 11.6 Å². The fourth-order valence-corrected chi connectivity index (χ4v) is 4.11. The number of halogens is 3. The molecular formula is C23H22F3N7O2. The van der Waals surface area contributed by atoms with E-state index in [0.29, 0.717) is 39.4 Å². The highest BCUT2D eigenvalue weighted by atomic mass is 19.4. The van der Waals surface area contributed by atoms with Gasteiger partial charge in [0.15, 0.2) is 0 Å². The van der Waals surface area contributed by atoms with E-state index >= 15 is 0 Å². The second kappa shape index (κ2) is 9.02. The van der Waals surface area contributed by atoms with Crippen molar-refractivity contribution in [2.45, 2.75) is 6.18 Å². The Hall–Kier alpha value is -3.93. The lowest BCUT2D eigenvalue weighted by Crippen LogP contribution is -2.38. The van der Waals surface area contributed by atoms with Crippen LogP contribution in [-0.2, 0) is 10.9 Å². The monoisotopic (exact) mass is 485 g/mol. The van der Waals surface area contributed by atoms with Gasteiger partial charge in [-0.3, -0.25) is 9.80 Å². The van der Waals surface area contributed by atoms with Gasteiger partial charge in [-0.1, -0.05) is 18.2 Å². The Morgan fingerprint density at radius 2 is 1.66 bits per heavy atom. The molecule has 0 atom stereocenters. The molecule has 9 nitrogen and oxygen atoms in total. The minimum atomic E-state index is -4.68. The number of nitrogens with two attached hydrogens (primary N) is 1. The molecule has 0 spiro atoms. The number of carbonyl (C=O) groups is 1. The number of nitrogen functional groups attached to an aromatic ring is 1. The van der Waals surface area contributed by atoms with Crippen molar-refractivity contribution in [3.8, 4) is 11.3 Å². The van der Waals surface area contributed by atoms with Crippen LogP contribution in [0.1, 0.15) is 5.56 Å². The van der Waals surface area contributed by atoms with Crippen molar-refractivity contribution in [1.29, 1.82) is 0 Å². The highest BCUT2D eigenvalue weighted by molar-refractivity contribution is 6.05. The number of aromatic nitrogens is 3. The standard InChI is InChI=1S/C23H22F3N7O2/c24-23(25,26)17-12-19(27)28-14-16(17)18-13-20(30-21(29-18)31-8-10-35-11-9-31)33-7-6-32(22(33)34)15-4-2-1-3-5-15/h1-5,12-14H,6-11H2,(H2,27,28). The number of carbonyl (C=O) groups excluding carboxylic acids is 1. The van der Waals surface area contributed by atoms with Crippen LogP contribution in [0.4, 0.5) is 41.2 Å². The number of hydrogen-bond acceptors (Lipinski definition) is 7. The van der Waals surface area contributed by atoms with E-state index in [-0.39, 0.29) is 34.9 Å². The van der Waals surface area contributed by atoms with E-state index < -0.39 is 11.7 Å². The maximum atomic E-state index is 13.8. The molecule has 0 aliphatic carbocycles. The van der Waals surface area contributed by atoms with Gasteiger partial charge >= 0.3 is 12.2 Å². The van der Waals surface area contributed by atoms with Gasteiger partial charge in [0.25, 0.3) is 0 Å². The Labute approximate surface area is 199 Å². The number of para-hydroxylation sites is 1. The Kier molecular flexibility index (Phi) is 5.89. The van der Waals surface area contributed by atoms with Crippen LogP contribution in [0.2, 0.25) is 0 Å². The summed E-state index contributed by atoms with van der Waals surface area (Å²) in [6, 6.07) is 11.0. The topological polar surface area (TPSA) is 101 Å². The molecule has 0 bridgehead atoms. The average Bonchev–Trinajstić information content (AvgIpc) is 3.25. The van der Waals surface area contributed by atoms with Crippen LogP contribution in [0.15, 0.2) is 48.7 Å². The molecule has 0 saturated carbocycles. The molecule has 2 aliphatic rings. The van der Waals surface area contributed by atoms with E-state index in [9.17, 15) is 18.0 Å². The van der Waals surface area contributed by atoms with E-state index in [4.69, 9.17) is 10.5 Å². The number of ether oxygens (including phenoxy) is 1. The molecule has 2 fully saturated rings. The number of benzene rings is 1. The second-order valence-corrected chi connectivity index (χ2v) is 8.08. The van der Waals surface area contributed by atoms with Crippen LogP contribution >= 0.6 is 0 Å². The summed E-state index contributed by atoms with van der Waals surface area (Å²) in [6.45, 7) is 2.54. The first-order valence-electron chi connectivity index (χ1n) is 11.0. The number of morpholine rings is 1. The van der Waals surface area contributed by atoms with Crippen molar-refractivity contribution in [2.24, 2.45) is 0 Å². The molecule has 2 aromatic heterocycles. The second-order valence-electron chi connectivity index (χ2n) is 8.08.